The molecule has 2 aromatic rings. The first-order chi connectivity index (χ1) is 13.3. The maximum Gasteiger partial charge on any atom is 0.290 e. The van der Waals surface area contributed by atoms with E-state index in [0.29, 0.717) is 0 Å². The van der Waals surface area contributed by atoms with Gasteiger partial charge in [-0.3, -0.25) is 4.18 Å². The minimum Gasteiger partial charge on any atom is -0.266 e. The van der Waals surface area contributed by atoms with Crippen molar-refractivity contribution in [2.75, 3.05) is 12.0 Å². The van der Waals surface area contributed by atoms with Crippen LogP contribution in [0.15, 0.2) is 68.2 Å². The largest absolute Gasteiger partial charge is 0.290 e. The molecule has 7 nitrogen and oxygen atoms in total. The van der Waals surface area contributed by atoms with E-state index in [9.17, 15) is 21.0 Å². The Morgan fingerprint density at radius 3 is 1.90 bits per heavy atom. The summed E-state index contributed by atoms with van der Waals surface area (Å²) in [5.74, 6) is -0.723. The summed E-state index contributed by atoms with van der Waals surface area (Å²) >= 11 is 0. The fourth-order valence-electron chi connectivity index (χ4n) is 2.49. The van der Waals surface area contributed by atoms with Gasteiger partial charge in [0.1, 0.15) is 0 Å². The normalized spacial score (nSPS) is 15.6. The lowest BCUT2D eigenvalue weighted by molar-refractivity contribution is 0.183. The van der Waals surface area contributed by atoms with Gasteiger partial charge in [-0.15, -0.1) is 3.77 Å². The molecule has 0 aliphatic carbocycles. The smallest absolute Gasteiger partial charge is 0.266 e. The molecule has 160 valence electrons. The molecule has 10 heteroatoms. The molecule has 0 bridgehead atoms. The zero-order valence-electron chi connectivity index (χ0n) is 16.7. The van der Waals surface area contributed by atoms with Crippen molar-refractivity contribution in [1.29, 1.82) is 0 Å². The summed E-state index contributed by atoms with van der Waals surface area (Å²) in [6, 6.07) is 14.0. The molecule has 0 spiro atoms. The average Bonchev–Trinajstić information content (AvgIpc) is 2.60. The minimum absolute atomic E-state index is 0.0862. The lowest BCUT2D eigenvalue weighted by atomic mass is 10.1. The van der Waals surface area contributed by atoms with Crippen LogP contribution < -0.4 is 0 Å². The zero-order valence-corrected chi connectivity index (χ0v) is 19.1. The summed E-state index contributed by atoms with van der Waals surface area (Å²) in [6.07, 6.45) is -0.109. The molecule has 0 amide bonds. The van der Waals surface area contributed by atoms with Crippen LogP contribution in [0.1, 0.15) is 19.4 Å². The predicted octanol–water partition coefficient (Wildman–Crippen LogP) is 3.21. The highest BCUT2D eigenvalue weighted by Crippen LogP contribution is 2.24. The van der Waals surface area contributed by atoms with Crippen LogP contribution in [-0.2, 0) is 34.1 Å². The van der Waals surface area contributed by atoms with Crippen LogP contribution in [0.2, 0.25) is 0 Å². The number of sulfonamides is 1. The molecule has 29 heavy (non-hydrogen) atoms. The van der Waals surface area contributed by atoms with Crippen LogP contribution in [0.25, 0.3) is 0 Å². The molecule has 2 aromatic carbocycles. The Morgan fingerprint density at radius 1 is 0.862 bits per heavy atom. The van der Waals surface area contributed by atoms with Gasteiger partial charge in [0.25, 0.3) is 20.1 Å². The van der Waals surface area contributed by atoms with E-state index < -0.39 is 36.0 Å². The van der Waals surface area contributed by atoms with Crippen molar-refractivity contribution in [3.8, 4) is 0 Å². The summed E-state index contributed by atoms with van der Waals surface area (Å²) in [5.41, 5.74) is 0.870. The standard InChI is InChI=1S/C19H25NO6S3/c1-15(2)19(26-27(4,21)22)14-28(23,17-8-6-5-7-9-17)20-29(24,25)18-12-10-16(3)11-13-18/h5-13,15,19H,14H2,1-4H3/t19-,28?/m1/s1. The summed E-state index contributed by atoms with van der Waals surface area (Å²) < 4.78 is 71.7. The molecule has 0 aliphatic rings. The van der Waals surface area contributed by atoms with Crippen LogP contribution in [0.5, 0.6) is 0 Å². The van der Waals surface area contributed by atoms with Crippen molar-refractivity contribution in [3.05, 3.63) is 60.2 Å². The van der Waals surface area contributed by atoms with Crippen LogP contribution in [-0.4, -0.2) is 39.2 Å². The molecule has 0 aromatic heterocycles. The fraction of sp³-hybridized carbons (Fsp3) is 0.368. The third-order valence-electron chi connectivity index (χ3n) is 4.08. The van der Waals surface area contributed by atoms with E-state index in [1.54, 1.807) is 44.2 Å². The summed E-state index contributed by atoms with van der Waals surface area (Å²) in [5, 5.41) is 0. The molecule has 1 unspecified atom stereocenters. The van der Waals surface area contributed by atoms with E-state index in [-0.39, 0.29) is 21.5 Å². The average molecular weight is 460 g/mol. The van der Waals surface area contributed by atoms with E-state index in [1.807, 2.05) is 6.92 Å². The van der Waals surface area contributed by atoms with Crippen LogP contribution in [0.4, 0.5) is 0 Å². The molecule has 2 rings (SSSR count). The van der Waals surface area contributed by atoms with Gasteiger partial charge in [-0.2, -0.15) is 16.8 Å². The molecule has 0 radical (unpaired) electrons. The number of hydrogen-bond acceptors (Lipinski definition) is 6. The zero-order chi connectivity index (χ0) is 21.9. The van der Waals surface area contributed by atoms with Gasteiger partial charge in [-0.1, -0.05) is 49.7 Å². The lowest BCUT2D eigenvalue weighted by Crippen LogP contribution is -2.31. The van der Waals surface area contributed by atoms with Crippen molar-refractivity contribution in [3.63, 3.8) is 0 Å². The highest BCUT2D eigenvalue weighted by molar-refractivity contribution is 8.03. The van der Waals surface area contributed by atoms with Gasteiger partial charge in [-0.25, -0.2) is 4.21 Å². The minimum atomic E-state index is -4.25. The van der Waals surface area contributed by atoms with Crippen molar-refractivity contribution >= 4 is 29.9 Å². The first-order valence-electron chi connectivity index (χ1n) is 8.83. The SMILES string of the molecule is Cc1ccc(S(=O)(=O)N=S(=O)(C[C@@H](OS(C)(=O)=O)C(C)C)c2ccccc2)cc1. The Bertz CT molecular complexity index is 1160. The Labute approximate surface area is 173 Å². The maximum absolute atomic E-state index is 13.8. The molecule has 0 saturated carbocycles. The fourth-order valence-corrected chi connectivity index (χ4v) is 7.67. The predicted molar refractivity (Wildman–Crippen MR) is 113 cm³/mol. The van der Waals surface area contributed by atoms with Gasteiger partial charge in [0.2, 0.25) is 0 Å². The molecule has 0 N–H and O–H groups in total. The third kappa shape index (κ3) is 6.63. The first-order valence-corrected chi connectivity index (χ1v) is 13.8. The number of benzene rings is 2. The molecule has 2 atom stereocenters. The van der Waals surface area contributed by atoms with Crippen molar-refractivity contribution in [2.45, 2.75) is 36.7 Å². The highest BCUT2D eigenvalue weighted by atomic mass is 32.3. The van der Waals surface area contributed by atoms with Crippen molar-refractivity contribution in [2.24, 2.45) is 9.69 Å². The molecule has 0 heterocycles. The maximum atomic E-state index is 13.8. The number of hydrogen-bond donors (Lipinski definition) is 0. The highest BCUT2D eigenvalue weighted by Gasteiger charge is 2.29. The Morgan fingerprint density at radius 2 is 1.41 bits per heavy atom. The Kier molecular flexibility index (Phi) is 7.26. The van der Waals surface area contributed by atoms with Gasteiger partial charge >= 0.3 is 0 Å². The van der Waals surface area contributed by atoms with Gasteiger partial charge in [0, 0.05) is 4.90 Å². The second kappa shape index (κ2) is 8.95. The van der Waals surface area contributed by atoms with Gasteiger partial charge in [0.05, 0.1) is 32.7 Å². The van der Waals surface area contributed by atoms with Crippen molar-refractivity contribution < 1.29 is 25.2 Å². The van der Waals surface area contributed by atoms with Gasteiger partial charge in [0.15, 0.2) is 0 Å². The first kappa shape index (κ1) is 23.5. The topological polar surface area (TPSA) is 107 Å². The Hall–Kier alpha value is -1.75. The van der Waals surface area contributed by atoms with E-state index >= 15 is 0 Å². The van der Waals surface area contributed by atoms with E-state index in [2.05, 4.69) is 3.77 Å². The lowest BCUT2D eigenvalue weighted by Gasteiger charge is -2.22. The molecular formula is C19H25NO6S3. The van der Waals surface area contributed by atoms with E-state index in [0.717, 1.165) is 11.8 Å². The molecular weight excluding hydrogens is 434 g/mol. The molecule has 0 aliphatic heterocycles. The summed E-state index contributed by atoms with van der Waals surface area (Å²) in [4.78, 5) is 0.107. The number of rotatable bonds is 8. The van der Waals surface area contributed by atoms with Crippen LogP contribution in [0.3, 0.4) is 0 Å². The number of nitrogens with zero attached hydrogens (tertiary/aromatic N) is 1. The quantitative estimate of drug-likeness (QED) is 0.561. The van der Waals surface area contributed by atoms with Gasteiger partial charge < -0.3 is 0 Å². The van der Waals surface area contributed by atoms with E-state index in [1.165, 1.54) is 24.3 Å². The van der Waals surface area contributed by atoms with Gasteiger partial charge in [-0.05, 0) is 37.1 Å². The van der Waals surface area contributed by atoms with Crippen LogP contribution in [0, 0.1) is 12.8 Å². The monoisotopic (exact) mass is 459 g/mol. The molecule has 0 fully saturated rings. The summed E-state index contributed by atoms with van der Waals surface area (Å²) in [6.45, 7) is 5.22. The van der Waals surface area contributed by atoms with E-state index in [4.69, 9.17) is 4.18 Å². The van der Waals surface area contributed by atoms with Crippen molar-refractivity contribution in [1.82, 2.24) is 0 Å². The Balaban J connectivity index is 2.64. The molecule has 0 saturated heterocycles. The van der Waals surface area contributed by atoms with Crippen LogP contribution >= 0.6 is 0 Å². The second-order valence-electron chi connectivity index (χ2n) is 7.07. The second-order valence-corrected chi connectivity index (χ2v) is 12.8. The third-order valence-corrected chi connectivity index (χ3v) is 9.08. The summed E-state index contributed by atoms with van der Waals surface area (Å²) in [7, 11) is -11.6. The number of aryl methyl sites for hydroxylation is 1.